The van der Waals surface area contributed by atoms with E-state index in [2.05, 4.69) is 10.3 Å². The maximum Gasteiger partial charge on any atom is 0.417 e. The quantitative estimate of drug-likeness (QED) is 0.618. The predicted octanol–water partition coefficient (Wildman–Crippen LogP) is 5.66. The minimum atomic E-state index is -4.60. The molecular weight excluding hydrogens is 385 g/mol. The summed E-state index contributed by atoms with van der Waals surface area (Å²) < 4.78 is 39.1. The number of benzene rings is 2. The molecule has 0 aliphatic rings. The number of nitrogens with zero attached hydrogens (tertiary/aromatic N) is 1. The van der Waals surface area contributed by atoms with Gasteiger partial charge in [-0.2, -0.15) is 13.2 Å². The average molecular weight is 397 g/mol. The molecule has 0 saturated carbocycles. The number of hydrogen-bond donors (Lipinski definition) is 1. The van der Waals surface area contributed by atoms with Crippen LogP contribution in [0, 0.1) is 0 Å². The van der Waals surface area contributed by atoms with E-state index in [0.29, 0.717) is 11.4 Å². The highest BCUT2D eigenvalue weighted by atomic mass is 35.5. The molecule has 0 aliphatic carbocycles. The summed E-state index contributed by atoms with van der Waals surface area (Å²) in [6.07, 6.45) is -2.43. The SMILES string of the molecule is O=C(Nc1ncc(Cc2ccc(Cl)cc2)s1)c1ccccc1C(F)(F)F. The van der Waals surface area contributed by atoms with Gasteiger partial charge in [0.25, 0.3) is 5.91 Å². The van der Waals surface area contributed by atoms with Crippen molar-refractivity contribution in [3.05, 3.63) is 81.3 Å². The lowest BCUT2D eigenvalue weighted by molar-refractivity contribution is -0.137. The Labute approximate surface area is 156 Å². The van der Waals surface area contributed by atoms with Gasteiger partial charge in [-0.25, -0.2) is 4.98 Å². The lowest BCUT2D eigenvalue weighted by Gasteiger charge is -2.11. The molecule has 1 amide bonds. The zero-order valence-electron chi connectivity index (χ0n) is 13.2. The van der Waals surface area contributed by atoms with E-state index in [0.717, 1.165) is 22.6 Å². The normalized spacial score (nSPS) is 11.4. The van der Waals surface area contributed by atoms with E-state index >= 15 is 0 Å². The Balaban J connectivity index is 1.73. The first kappa shape index (κ1) is 18.4. The summed E-state index contributed by atoms with van der Waals surface area (Å²) in [7, 11) is 0. The van der Waals surface area contributed by atoms with Crippen LogP contribution in [0.1, 0.15) is 26.4 Å². The number of halogens is 4. The fourth-order valence-electron chi connectivity index (χ4n) is 2.34. The topological polar surface area (TPSA) is 42.0 Å². The Morgan fingerprint density at radius 2 is 1.81 bits per heavy atom. The fourth-order valence-corrected chi connectivity index (χ4v) is 3.31. The van der Waals surface area contributed by atoms with E-state index in [9.17, 15) is 18.0 Å². The van der Waals surface area contributed by atoms with Crippen molar-refractivity contribution in [1.29, 1.82) is 0 Å². The molecule has 3 nitrogen and oxygen atoms in total. The van der Waals surface area contributed by atoms with Gasteiger partial charge in [0.1, 0.15) is 0 Å². The molecule has 0 spiro atoms. The number of alkyl halides is 3. The van der Waals surface area contributed by atoms with Gasteiger partial charge in [-0.1, -0.05) is 35.9 Å². The summed E-state index contributed by atoms with van der Waals surface area (Å²) in [4.78, 5) is 17.2. The summed E-state index contributed by atoms with van der Waals surface area (Å²) in [6, 6.07) is 11.9. The van der Waals surface area contributed by atoms with Crippen LogP contribution in [-0.4, -0.2) is 10.9 Å². The Morgan fingerprint density at radius 1 is 1.12 bits per heavy atom. The number of hydrogen-bond acceptors (Lipinski definition) is 3. The third kappa shape index (κ3) is 4.42. The smallest absolute Gasteiger partial charge is 0.298 e. The molecule has 0 radical (unpaired) electrons. The summed E-state index contributed by atoms with van der Waals surface area (Å²) in [6.45, 7) is 0. The molecule has 0 unspecified atom stereocenters. The Hall–Kier alpha value is -2.38. The third-order valence-corrected chi connectivity index (χ3v) is 4.71. The first-order valence-electron chi connectivity index (χ1n) is 7.49. The summed E-state index contributed by atoms with van der Waals surface area (Å²) >= 11 is 7.05. The van der Waals surface area contributed by atoms with Crippen LogP contribution < -0.4 is 5.32 Å². The number of nitrogens with one attached hydrogen (secondary N) is 1. The van der Waals surface area contributed by atoms with E-state index in [1.165, 1.54) is 23.5 Å². The lowest BCUT2D eigenvalue weighted by atomic mass is 10.1. The van der Waals surface area contributed by atoms with Crippen molar-refractivity contribution in [1.82, 2.24) is 4.98 Å². The van der Waals surface area contributed by atoms with Crippen LogP contribution in [-0.2, 0) is 12.6 Å². The minimum Gasteiger partial charge on any atom is -0.298 e. The first-order valence-corrected chi connectivity index (χ1v) is 8.69. The Kier molecular flexibility index (Phi) is 5.29. The highest BCUT2D eigenvalue weighted by Crippen LogP contribution is 2.32. The van der Waals surface area contributed by atoms with Gasteiger partial charge >= 0.3 is 6.18 Å². The Bertz CT molecular complexity index is 923. The number of anilines is 1. The summed E-state index contributed by atoms with van der Waals surface area (Å²) in [5.74, 6) is -0.842. The molecule has 0 bridgehead atoms. The van der Waals surface area contributed by atoms with Gasteiger partial charge in [0, 0.05) is 22.5 Å². The van der Waals surface area contributed by atoms with E-state index in [1.807, 2.05) is 12.1 Å². The third-order valence-electron chi connectivity index (χ3n) is 3.54. The van der Waals surface area contributed by atoms with E-state index in [-0.39, 0.29) is 5.13 Å². The molecule has 1 heterocycles. The molecule has 1 N–H and O–H groups in total. The van der Waals surface area contributed by atoms with Crippen LogP contribution in [0.4, 0.5) is 18.3 Å². The zero-order valence-corrected chi connectivity index (χ0v) is 14.8. The van der Waals surface area contributed by atoms with Crippen LogP contribution in [0.5, 0.6) is 0 Å². The average Bonchev–Trinajstić information content (AvgIpc) is 3.03. The fraction of sp³-hybridized carbons (Fsp3) is 0.111. The van der Waals surface area contributed by atoms with Gasteiger partial charge in [-0.15, -0.1) is 11.3 Å². The molecule has 3 aromatic rings. The number of rotatable bonds is 4. The number of aromatic nitrogens is 1. The maximum atomic E-state index is 13.0. The van der Waals surface area contributed by atoms with Gasteiger partial charge in [-0.05, 0) is 29.8 Å². The van der Waals surface area contributed by atoms with Gasteiger partial charge in [-0.3, -0.25) is 10.1 Å². The van der Waals surface area contributed by atoms with Crippen LogP contribution in [0.2, 0.25) is 5.02 Å². The molecule has 0 saturated heterocycles. The van der Waals surface area contributed by atoms with Gasteiger partial charge in [0.05, 0.1) is 11.1 Å². The van der Waals surface area contributed by atoms with Gasteiger partial charge < -0.3 is 0 Å². The lowest BCUT2D eigenvalue weighted by Crippen LogP contribution is -2.18. The molecule has 0 atom stereocenters. The molecule has 26 heavy (non-hydrogen) atoms. The molecular formula is C18H12ClF3N2OS. The van der Waals surface area contributed by atoms with E-state index in [4.69, 9.17) is 11.6 Å². The second-order valence-corrected chi connectivity index (χ2v) is 6.98. The molecule has 3 rings (SSSR count). The number of carbonyl (C=O) groups is 1. The molecule has 1 aromatic heterocycles. The number of amides is 1. The van der Waals surface area contributed by atoms with Crippen LogP contribution in [0.3, 0.4) is 0 Å². The zero-order chi connectivity index (χ0) is 18.7. The number of thiazole rings is 1. The maximum absolute atomic E-state index is 13.0. The monoisotopic (exact) mass is 396 g/mol. The standard InChI is InChI=1S/C18H12ClF3N2OS/c19-12-7-5-11(6-8-12)9-13-10-23-17(26-13)24-16(25)14-3-1-2-4-15(14)18(20,21)22/h1-8,10H,9H2,(H,23,24,25). The van der Waals surface area contributed by atoms with Crippen molar-refractivity contribution >= 4 is 34.0 Å². The molecule has 0 fully saturated rings. The summed E-state index contributed by atoms with van der Waals surface area (Å²) in [5.41, 5.74) is -0.400. The van der Waals surface area contributed by atoms with Crippen molar-refractivity contribution in [2.75, 3.05) is 5.32 Å². The first-order chi connectivity index (χ1) is 12.3. The number of carbonyl (C=O) groups excluding carboxylic acids is 1. The van der Waals surface area contributed by atoms with E-state index in [1.54, 1.807) is 18.3 Å². The summed E-state index contributed by atoms with van der Waals surface area (Å²) in [5, 5.41) is 3.31. The highest BCUT2D eigenvalue weighted by molar-refractivity contribution is 7.15. The molecule has 0 aliphatic heterocycles. The van der Waals surface area contributed by atoms with Crippen molar-refractivity contribution in [2.45, 2.75) is 12.6 Å². The Morgan fingerprint density at radius 3 is 2.50 bits per heavy atom. The van der Waals surface area contributed by atoms with Crippen molar-refractivity contribution in [2.24, 2.45) is 0 Å². The van der Waals surface area contributed by atoms with Crippen LogP contribution in [0.15, 0.2) is 54.7 Å². The predicted molar refractivity (Wildman–Crippen MR) is 95.8 cm³/mol. The van der Waals surface area contributed by atoms with Crippen molar-refractivity contribution in [3.63, 3.8) is 0 Å². The van der Waals surface area contributed by atoms with Crippen LogP contribution in [0.25, 0.3) is 0 Å². The van der Waals surface area contributed by atoms with E-state index < -0.39 is 23.2 Å². The second kappa shape index (κ2) is 7.47. The molecule has 134 valence electrons. The second-order valence-electron chi connectivity index (χ2n) is 5.43. The van der Waals surface area contributed by atoms with Gasteiger partial charge in [0.2, 0.25) is 0 Å². The van der Waals surface area contributed by atoms with Crippen molar-refractivity contribution < 1.29 is 18.0 Å². The van der Waals surface area contributed by atoms with Gasteiger partial charge in [0.15, 0.2) is 5.13 Å². The highest BCUT2D eigenvalue weighted by Gasteiger charge is 2.34. The molecule has 2 aromatic carbocycles. The molecule has 8 heteroatoms. The van der Waals surface area contributed by atoms with Crippen LogP contribution >= 0.6 is 22.9 Å². The van der Waals surface area contributed by atoms with Crippen molar-refractivity contribution in [3.8, 4) is 0 Å². The largest absolute Gasteiger partial charge is 0.417 e. The minimum absolute atomic E-state index is 0.246.